The number of hydrogen-bond acceptors (Lipinski definition) is 10. The topological polar surface area (TPSA) is 155 Å². The Morgan fingerprint density at radius 2 is 2.16 bits per heavy atom. The predicted molar refractivity (Wildman–Crippen MR) is 83.5 cm³/mol. The average molecular weight is 377 g/mol. The SMILES string of the molecule is C[C@]1(COP2(=O)OCCCO2)O[C@@H](n2ccc(N)nc2=O)[C@H](O)[C@@H]1O. The molecule has 0 aromatic carbocycles. The number of aliphatic hydroxyl groups excluding tert-OH is 2. The lowest BCUT2D eigenvalue weighted by atomic mass is 9.99. The Hall–Kier alpha value is -1.33. The molecule has 1 aromatic heterocycles. The molecule has 4 atom stereocenters. The number of ether oxygens (including phenoxy) is 1. The maximum absolute atomic E-state index is 12.2. The fraction of sp³-hybridized carbons (Fsp3) is 0.692. The van der Waals surface area contributed by atoms with Gasteiger partial charge in [0.2, 0.25) is 0 Å². The van der Waals surface area contributed by atoms with Crippen molar-refractivity contribution in [3.8, 4) is 0 Å². The summed E-state index contributed by atoms with van der Waals surface area (Å²) in [6.45, 7) is 1.53. The second-order valence-corrected chi connectivity index (χ2v) is 7.71. The van der Waals surface area contributed by atoms with Crippen molar-refractivity contribution in [3.63, 3.8) is 0 Å². The number of anilines is 1. The van der Waals surface area contributed by atoms with Crippen molar-refractivity contribution < 1.29 is 33.1 Å². The third-order valence-electron chi connectivity index (χ3n) is 4.05. The van der Waals surface area contributed by atoms with E-state index in [1.54, 1.807) is 0 Å². The van der Waals surface area contributed by atoms with Crippen LogP contribution in [0.4, 0.5) is 5.82 Å². The Labute approximate surface area is 142 Å². The van der Waals surface area contributed by atoms with Crippen LogP contribution in [0.2, 0.25) is 0 Å². The zero-order valence-corrected chi connectivity index (χ0v) is 14.4. The summed E-state index contributed by atoms with van der Waals surface area (Å²) < 4.78 is 34.1. The largest absolute Gasteiger partial charge is 0.474 e. The molecule has 12 heteroatoms. The standard InChI is InChI=1S/C13H20N3O8P/c1-13(7-23-25(20)21-5-2-6-22-25)10(18)9(17)11(24-13)16-4-3-8(14)15-12(16)19/h3-4,9-11,17-18H,2,5-7H2,1H3,(H2,14,15,19)/t9-,10+,11-,13-/m1/s1. The van der Waals surface area contributed by atoms with E-state index in [1.807, 2.05) is 0 Å². The summed E-state index contributed by atoms with van der Waals surface area (Å²) >= 11 is 0. The highest BCUT2D eigenvalue weighted by atomic mass is 31.2. The second-order valence-electron chi connectivity index (χ2n) is 6.04. The number of nitrogens with zero attached hydrogens (tertiary/aromatic N) is 2. The van der Waals surface area contributed by atoms with Crippen molar-refractivity contribution in [1.29, 1.82) is 0 Å². The molecule has 2 fully saturated rings. The van der Waals surface area contributed by atoms with Crippen LogP contribution in [0.15, 0.2) is 17.1 Å². The lowest BCUT2D eigenvalue weighted by Gasteiger charge is -2.30. The van der Waals surface area contributed by atoms with Gasteiger partial charge >= 0.3 is 13.5 Å². The Balaban J connectivity index is 1.76. The van der Waals surface area contributed by atoms with Gasteiger partial charge in [0.15, 0.2) is 6.23 Å². The number of aromatic nitrogens is 2. The summed E-state index contributed by atoms with van der Waals surface area (Å²) in [7, 11) is -3.73. The van der Waals surface area contributed by atoms with Crippen LogP contribution in [0.5, 0.6) is 0 Å². The van der Waals surface area contributed by atoms with Gasteiger partial charge in [-0.3, -0.25) is 18.1 Å². The number of phosphoric ester groups is 1. The molecule has 3 heterocycles. The number of nitrogens with two attached hydrogens (primary N) is 1. The molecule has 0 amide bonds. The first-order valence-corrected chi connectivity index (χ1v) is 9.12. The molecule has 0 saturated carbocycles. The van der Waals surface area contributed by atoms with E-state index in [2.05, 4.69) is 4.98 Å². The molecule has 0 radical (unpaired) electrons. The van der Waals surface area contributed by atoms with E-state index in [4.69, 9.17) is 24.0 Å². The van der Waals surface area contributed by atoms with Crippen LogP contribution in [-0.2, 0) is 22.9 Å². The third kappa shape index (κ3) is 3.63. The van der Waals surface area contributed by atoms with Gasteiger partial charge in [0, 0.05) is 6.20 Å². The number of phosphoric acid groups is 1. The van der Waals surface area contributed by atoms with Crippen LogP contribution >= 0.6 is 7.82 Å². The van der Waals surface area contributed by atoms with E-state index in [-0.39, 0.29) is 25.6 Å². The molecular weight excluding hydrogens is 357 g/mol. The van der Waals surface area contributed by atoms with Crippen LogP contribution in [0.1, 0.15) is 19.6 Å². The van der Waals surface area contributed by atoms with Crippen molar-refractivity contribution in [2.24, 2.45) is 0 Å². The van der Waals surface area contributed by atoms with Crippen LogP contribution in [0, 0.1) is 0 Å². The minimum Gasteiger partial charge on any atom is -0.387 e. The summed E-state index contributed by atoms with van der Waals surface area (Å²) in [6, 6.07) is 1.36. The third-order valence-corrected chi connectivity index (χ3v) is 5.50. The van der Waals surface area contributed by atoms with Crippen LogP contribution < -0.4 is 11.4 Å². The summed E-state index contributed by atoms with van der Waals surface area (Å²) in [5.41, 5.74) is 3.24. The molecule has 0 spiro atoms. The average Bonchev–Trinajstić information content (AvgIpc) is 2.79. The molecule has 0 unspecified atom stereocenters. The van der Waals surface area contributed by atoms with Crippen LogP contribution in [0.3, 0.4) is 0 Å². The van der Waals surface area contributed by atoms with Crippen molar-refractivity contribution in [1.82, 2.24) is 9.55 Å². The normalized spacial score (nSPS) is 34.9. The maximum atomic E-state index is 12.2. The van der Waals surface area contributed by atoms with E-state index in [1.165, 1.54) is 19.2 Å². The van der Waals surface area contributed by atoms with Gasteiger partial charge in [-0.25, -0.2) is 9.36 Å². The van der Waals surface area contributed by atoms with E-state index >= 15 is 0 Å². The van der Waals surface area contributed by atoms with E-state index in [0.717, 1.165) is 4.57 Å². The quantitative estimate of drug-likeness (QED) is 0.579. The molecule has 1 aromatic rings. The summed E-state index contributed by atoms with van der Waals surface area (Å²) in [5.74, 6) is 0.0186. The van der Waals surface area contributed by atoms with Gasteiger partial charge in [-0.15, -0.1) is 0 Å². The molecule has 11 nitrogen and oxygen atoms in total. The van der Waals surface area contributed by atoms with Gasteiger partial charge in [-0.2, -0.15) is 4.98 Å². The molecule has 0 bridgehead atoms. The molecule has 4 N–H and O–H groups in total. The molecule has 3 rings (SSSR count). The minimum absolute atomic E-state index is 0.0186. The Bertz CT molecular complexity index is 732. The minimum atomic E-state index is -3.73. The van der Waals surface area contributed by atoms with Crippen molar-refractivity contribution in [3.05, 3.63) is 22.7 Å². The van der Waals surface area contributed by atoms with Crippen LogP contribution in [0.25, 0.3) is 0 Å². The Morgan fingerprint density at radius 3 is 2.80 bits per heavy atom. The number of aliphatic hydroxyl groups is 2. The van der Waals surface area contributed by atoms with E-state index in [0.29, 0.717) is 6.42 Å². The monoisotopic (exact) mass is 377 g/mol. The van der Waals surface area contributed by atoms with Gasteiger partial charge in [0.1, 0.15) is 23.6 Å². The highest BCUT2D eigenvalue weighted by Crippen LogP contribution is 2.53. The lowest BCUT2D eigenvalue weighted by Crippen LogP contribution is -2.44. The molecule has 0 aliphatic carbocycles. The first kappa shape index (κ1) is 18.5. The second kappa shape index (κ2) is 6.76. The van der Waals surface area contributed by atoms with E-state index < -0.39 is 37.5 Å². The molecular formula is C13H20N3O8P. The predicted octanol–water partition coefficient (Wildman–Crippen LogP) is -0.604. The van der Waals surface area contributed by atoms with Crippen molar-refractivity contribution >= 4 is 13.6 Å². The molecule has 140 valence electrons. The van der Waals surface area contributed by atoms with E-state index in [9.17, 15) is 19.6 Å². The Morgan fingerprint density at radius 1 is 1.48 bits per heavy atom. The lowest BCUT2D eigenvalue weighted by molar-refractivity contribution is -0.118. The molecule has 2 aliphatic rings. The van der Waals surface area contributed by atoms with Gasteiger partial charge < -0.3 is 20.7 Å². The highest BCUT2D eigenvalue weighted by molar-refractivity contribution is 7.48. The van der Waals surface area contributed by atoms with Gasteiger partial charge in [0.05, 0.1) is 19.8 Å². The number of nitrogen functional groups attached to an aromatic ring is 1. The molecule has 2 saturated heterocycles. The van der Waals surface area contributed by atoms with Gasteiger partial charge in [-0.05, 0) is 19.4 Å². The zero-order valence-electron chi connectivity index (χ0n) is 13.5. The zero-order chi connectivity index (χ0) is 18.2. The van der Waals surface area contributed by atoms with Crippen LogP contribution in [-0.4, -0.2) is 57.4 Å². The molecule has 2 aliphatic heterocycles. The fourth-order valence-corrected chi connectivity index (χ4v) is 3.97. The van der Waals surface area contributed by atoms with Crippen molar-refractivity contribution in [2.75, 3.05) is 25.6 Å². The summed E-state index contributed by atoms with van der Waals surface area (Å²) in [5, 5.41) is 20.6. The van der Waals surface area contributed by atoms with Gasteiger partial charge in [0.25, 0.3) is 0 Å². The fourth-order valence-electron chi connectivity index (χ4n) is 2.62. The first-order valence-electron chi connectivity index (χ1n) is 7.66. The van der Waals surface area contributed by atoms with Crippen molar-refractivity contribution in [2.45, 2.75) is 37.4 Å². The number of hydrogen-bond donors (Lipinski definition) is 3. The first-order chi connectivity index (χ1) is 11.7. The highest BCUT2D eigenvalue weighted by Gasteiger charge is 2.53. The number of rotatable bonds is 4. The summed E-state index contributed by atoms with van der Waals surface area (Å²) in [4.78, 5) is 15.5. The smallest absolute Gasteiger partial charge is 0.387 e. The maximum Gasteiger partial charge on any atom is 0.474 e. The Kier molecular flexibility index (Phi) is 5.00. The summed E-state index contributed by atoms with van der Waals surface area (Å²) in [6.07, 6.45) is -2.17. The molecule has 25 heavy (non-hydrogen) atoms. The van der Waals surface area contributed by atoms with Gasteiger partial charge in [-0.1, -0.05) is 0 Å².